The zero-order valence-corrected chi connectivity index (χ0v) is 7.65. The summed E-state index contributed by atoms with van der Waals surface area (Å²) < 4.78 is 4.41. The lowest BCUT2D eigenvalue weighted by atomic mass is 10.3. The molecule has 5 heteroatoms. The second-order valence-corrected chi connectivity index (χ2v) is 2.35. The van der Waals surface area contributed by atoms with Gasteiger partial charge in [-0.2, -0.15) is 0 Å². The highest BCUT2D eigenvalue weighted by atomic mass is 16.5. The van der Waals surface area contributed by atoms with Gasteiger partial charge in [0.25, 0.3) is 0 Å². The number of nitrogen functional groups attached to an aromatic ring is 1. The molecule has 72 valence electrons. The molecule has 1 aromatic heterocycles. The molecular weight excluding hydrogens is 182 g/mol. The lowest BCUT2D eigenvalue weighted by molar-refractivity contribution is -0.139. The van der Waals surface area contributed by atoms with Gasteiger partial charge < -0.3 is 10.5 Å². The summed E-state index contributed by atoms with van der Waals surface area (Å²) in [6.07, 6.45) is 1.55. The molecule has 0 radical (unpaired) electrons. The van der Waals surface area contributed by atoms with Crippen molar-refractivity contribution in [2.24, 2.45) is 0 Å². The number of ether oxygens (including phenoxy) is 1. The summed E-state index contributed by atoms with van der Waals surface area (Å²) in [6.45, 7) is 0. The minimum Gasteiger partial charge on any atom is -0.468 e. The third-order valence-corrected chi connectivity index (χ3v) is 1.35. The van der Waals surface area contributed by atoms with Gasteiger partial charge in [0.1, 0.15) is 12.1 Å². The highest BCUT2D eigenvalue weighted by molar-refractivity contribution is 5.72. The Hall–Kier alpha value is -2.09. The quantitative estimate of drug-likeness (QED) is 0.498. The van der Waals surface area contributed by atoms with Crippen LogP contribution in [-0.4, -0.2) is 23.0 Å². The van der Waals surface area contributed by atoms with E-state index in [1.807, 2.05) is 0 Å². The summed E-state index contributed by atoms with van der Waals surface area (Å²) in [5, 5.41) is 0. The molecule has 2 N–H and O–H groups in total. The fourth-order valence-electron chi connectivity index (χ4n) is 0.722. The van der Waals surface area contributed by atoms with Crippen molar-refractivity contribution < 1.29 is 9.53 Å². The molecule has 1 heterocycles. The molecule has 0 spiro atoms. The Balaban J connectivity index is 2.64. The van der Waals surface area contributed by atoms with Crippen LogP contribution in [0.2, 0.25) is 0 Å². The predicted octanol–water partition coefficient (Wildman–Crippen LogP) is -0.0266. The Kier molecular flexibility index (Phi) is 3.44. The van der Waals surface area contributed by atoms with Gasteiger partial charge in [-0.05, 0) is 12.0 Å². The van der Waals surface area contributed by atoms with E-state index in [2.05, 4.69) is 26.5 Å². The van der Waals surface area contributed by atoms with Crippen molar-refractivity contribution in [2.75, 3.05) is 12.8 Å². The molecule has 0 atom stereocenters. The second kappa shape index (κ2) is 4.82. The largest absolute Gasteiger partial charge is 0.468 e. The van der Waals surface area contributed by atoms with Crippen LogP contribution in [0.25, 0.3) is 0 Å². The van der Waals surface area contributed by atoms with E-state index in [1.54, 1.807) is 6.07 Å². The first-order valence-electron chi connectivity index (χ1n) is 3.86. The lowest BCUT2D eigenvalue weighted by Gasteiger charge is -1.91. The standard InChI is InChI=1S/C9H9N3O2/c1-14-8(13)4-2-3-7-5-6-11-9(10)12-7/h5-6H,4H2,1H3,(H2,10,11,12). The number of hydrogen-bond donors (Lipinski definition) is 1. The van der Waals surface area contributed by atoms with E-state index in [-0.39, 0.29) is 18.3 Å². The van der Waals surface area contributed by atoms with Gasteiger partial charge >= 0.3 is 5.97 Å². The molecule has 0 aliphatic heterocycles. The molecule has 0 amide bonds. The van der Waals surface area contributed by atoms with Crippen molar-refractivity contribution in [2.45, 2.75) is 6.42 Å². The Labute approximate surface area is 81.3 Å². The van der Waals surface area contributed by atoms with Crippen molar-refractivity contribution in [3.63, 3.8) is 0 Å². The third-order valence-electron chi connectivity index (χ3n) is 1.35. The summed E-state index contributed by atoms with van der Waals surface area (Å²) in [5.41, 5.74) is 5.82. The van der Waals surface area contributed by atoms with Crippen LogP contribution in [0.4, 0.5) is 5.95 Å². The number of carbonyl (C=O) groups excluding carboxylic acids is 1. The van der Waals surface area contributed by atoms with E-state index < -0.39 is 0 Å². The molecule has 0 fully saturated rings. The zero-order valence-electron chi connectivity index (χ0n) is 7.65. The van der Waals surface area contributed by atoms with Crippen LogP contribution in [0.1, 0.15) is 12.1 Å². The second-order valence-electron chi connectivity index (χ2n) is 2.35. The minimum atomic E-state index is -0.375. The Morgan fingerprint density at radius 1 is 1.71 bits per heavy atom. The molecule has 1 aromatic rings. The maximum atomic E-state index is 10.7. The molecular formula is C9H9N3O2. The maximum Gasteiger partial charge on any atom is 0.317 e. The number of rotatable bonds is 1. The predicted molar refractivity (Wildman–Crippen MR) is 50.0 cm³/mol. The number of nitrogens with zero attached hydrogens (tertiary/aromatic N) is 2. The van der Waals surface area contributed by atoms with Crippen molar-refractivity contribution in [3.8, 4) is 11.8 Å². The number of anilines is 1. The average molecular weight is 191 g/mol. The van der Waals surface area contributed by atoms with Crippen LogP contribution in [0, 0.1) is 11.8 Å². The average Bonchev–Trinajstić information content (AvgIpc) is 2.17. The number of esters is 1. The van der Waals surface area contributed by atoms with Crippen LogP contribution in [0.3, 0.4) is 0 Å². The van der Waals surface area contributed by atoms with E-state index >= 15 is 0 Å². The van der Waals surface area contributed by atoms with Gasteiger partial charge in [0.2, 0.25) is 5.95 Å². The molecule has 0 saturated heterocycles. The highest BCUT2D eigenvalue weighted by Gasteiger charge is 1.94. The fraction of sp³-hybridized carbons (Fsp3) is 0.222. The number of nitrogens with two attached hydrogens (primary N) is 1. The highest BCUT2D eigenvalue weighted by Crippen LogP contribution is 1.93. The van der Waals surface area contributed by atoms with Gasteiger partial charge in [-0.3, -0.25) is 4.79 Å². The van der Waals surface area contributed by atoms with Gasteiger partial charge in [-0.15, -0.1) is 0 Å². The topological polar surface area (TPSA) is 78.1 Å². The monoisotopic (exact) mass is 191 g/mol. The molecule has 0 unspecified atom stereocenters. The van der Waals surface area contributed by atoms with Crippen molar-refractivity contribution in [1.82, 2.24) is 9.97 Å². The van der Waals surface area contributed by atoms with Crippen molar-refractivity contribution >= 4 is 11.9 Å². The Morgan fingerprint density at radius 3 is 3.14 bits per heavy atom. The van der Waals surface area contributed by atoms with E-state index in [1.165, 1.54) is 13.3 Å². The van der Waals surface area contributed by atoms with Gasteiger partial charge in [-0.25, -0.2) is 9.97 Å². The first-order chi connectivity index (χ1) is 6.72. The minimum absolute atomic E-state index is 0.0421. The number of carbonyl (C=O) groups is 1. The summed E-state index contributed by atoms with van der Waals surface area (Å²) in [6, 6.07) is 1.61. The summed E-state index contributed by atoms with van der Waals surface area (Å²) in [4.78, 5) is 18.2. The van der Waals surface area contributed by atoms with Crippen LogP contribution in [-0.2, 0) is 9.53 Å². The number of hydrogen-bond acceptors (Lipinski definition) is 5. The normalized spacial score (nSPS) is 8.64. The Morgan fingerprint density at radius 2 is 2.50 bits per heavy atom. The zero-order chi connectivity index (χ0) is 10.4. The summed E-state index contributed by atoms with van der Waals surface area (Å²) in [7, 11) is 1.31. The van der Waals surface area contributed by atoms with Gasteiger partial charge in [-0.1, -0.05) is 5.92 Å². The molecule has 0 aromatic carbocycles. The Bertz CT molecular complexity index is 393. The number of methoxy groups -OCH3 is 1. The molecule has 14 heavy (non-hydrogen) atoms. The first-order valence-corrected chi connectivity index (χ1v) is 3.86. The van der Waals surface area contributed by atoms with Crippen LogP contribution < -0.4 is 5.73 Å². The molecule has 0 bridgehead atoms. The molecule has 0 saturated carbocycles. The molecule has 0 aliphatic rings. The molecule has 1 rings (SSSR count). The van der Waals surface area contributed by atoms with Gasteiger partial charge in [0.05, 0.1) is 7.11 Å². The molecule has 5 nitrogen and oxygen atoms in total. The van der Waals surface area contributed by atoms with Crippen LogP contribution in [0.5, 0.6) is 0 Å². The third kappa shape index (κ3) is 3.11. The number of aromatic nitrogens is 2. The van der Waals surface area contributed by atoms with Crippen molar-refractivity contribution in [3.05, 3.63) is 18.0 Å². The van der Waals surface area contributed by atoms with E-state index in [0.29, 0.717) is 5.69 Å². The maximum absolute atomic E-state index is 10.7. The lowest BCUT2D eigenvalue weighted by Crippen LogP contribution is -1.98. The van der Waals surface area contributed by atoms with Crippen molar-refractivity contribution in [1.29, 1.82) is 0 Å². The van der Waals surface area contributed by atoms with Crippen LogP contribution in [0.15, 0.2) is 12.3 Å². The summed E-state index contributed by atoms with van der Waals surface area (Å²) in [5.74, 6) is 5.06. The summed E-state index contributed by atoms with van der Waals surface area (Å²) >= 11 is 0. The van der Waals surface area contributed by atoms with E-state index in [0.717, 1.165) is 0 Å². The molecule has 0 aliphatic carbocycles. The first kappa shape index (κ1) is 9.99. The van der Waals surface area contributed by atoms with E-state index in [4.69, 9.17) is 5.73 Å². The smallest absolute Gasteiger partial charge is 0.317 e. The SMILES string of the molecule is COC(=O)CC#Cc1ccnc(N)n1. The van der Waals surface area contributed by atoms with Gasteiger partial charge in [0.15, 0.2) is 0 Å². The fourth-order valence-corrected chi connectivity index (χ4v) is 0.722. The van der Waals surface area contributed by atoms with Crippen LogP contribution >= 0.6 is 0 Å². The van der Waals surface area contributed by atoms with E-state index in [9.17, 15) is 4.79 Å². The van der Waals surface area contributed by atoms with Gasteiger partial charge in [0, 0.05) is 6.20 Å².